The van der Waals surface area contributed by atoms with Crippen LogP contribution < -0.4 is 4.31 Å². The number of nitrogens with zero attached hydrogens (tertiary/aromatic N) is 18. The van der Waals surface area contributed by atoms with E-state index in [0.29, 0.717) is 82.8 Å². The smallest absolute Gasteiger partial charge is 0.257 e. The minimum Gasteiger partial charge on any atom is -0.379 e. The van der Waals surface area contributed by atoms with Crippen molar-refractivity contribution in [3.63, 3.8) is 0 Å². The molecule has 0 atom stereocenters. The third-order valence-electron chi connectivity index (χ3n) is 23.4. The third-order valence-corrected chi connectivity index (χ3v) is 25.6. The van der Waals surface area contributed by atoms with Crippen LogP contribution in [-0.2, 0) is 50.5 Å². The Bertz CT molecular complexity index is 6410. The fraction of sp³-hybridized carbons (Fsp3) is 0.287. The highest BCUT2D eigenvalue weighted by Gasteiger charge is 2.31. The molecule has 5 aliphatic rings. The van der Waals surface area contributed by atoms with E-state index in [1.165, 1.54) is 40.7 Å². The zero-order chi connectivity index (χ0) is 86.2. The summed E-state index contributed by atoms with van der Waals surface area (Å²) in [5, 5.41) is 9.40. The van der Waals surface area contributed by atoms with Crippen LogP contribution in [0.2, 0.25) is 20.1 Å². The number of aromatic amines is 1. The van der Waals surface area contributed by atoms with Crippen LogP contribution in [-0.4, -0.2) is 226 Å². The first kappa shape index (κ1) is 85.8. The van der Waals surface area contributed by atoms with Crippen molar-refractivity contribution < 1.29 is 31.9 Å². The van der Waals surface area contributed by atoms with Crippen LogP contribution in [0, 0.1) is 5.82 Å². The van der Waals surface area contributed by atoms with E-state index in [2.05, 4.69) is 97.4 Å². The van der Waals surface area contributed by atoms with Gasteiger partial charge in [-0.1, -0.05) is 132 Å². The summed E-state index contributed by atoms with van der Waals surface area (Å²) in [5.41, 5.74) is 21.2. The number of amides is 2. The monoisotopic (exact) mass is 1780 g/mol. The standard InChI is InChI=1S/C28H25ClN6O.C23H20ClFN4O.C23H26ClN5O.C20H23ClN4O3S/c29-24-9-6-21(7-10-24)27-25(19-33-12-14-34(15-13-33)28(36)23-16-30-31-17-23)35-18-22(8-11-26(35)32-27)20-4-2-1-3-5-20;24-18-6-3-16(4-7-18)23-20(15-28-10-12-30-13-11-28)29-14-17(5-8-21(29)27-23)22-19(25)2-1-9-26-22;1-2-22(30)28-11-9-27(10-12-28)15-20-23(17-5-7-18(24)8-6-17)26-21-13-25-19(14-29(20)21)16-3-4-16;1-23(29(2,26)27)17-7-8-19-22-20(15-3-5-16(21)6-4-15)18(25(19)13-17)14-24-9-11-28-12-10-24/h1-11,16-18H,12-15,19H2,(H,30,31);1-9,14H,10-13,15H2;5-8,13-14,16H,2-4,9-12,15H2,1H3;3-8,13H,9-12,14H2,1-2H3. The van der Waals surface area contributed by atoms with Crippen LogP contribution in [0.1, 0.15) is 70.9 Å². The number of benzene rings is 5. The van der Waals surface area contributed by atoms with Crippen molar-refractivity contribution in [1.29, 1.82) is 0 Å². The van der Waals surface area contributed by atoms with Gasteiger partial charge in [0.1, 0.15) is 28.5 Å². The Kier molecular flexibility index (Phi) is 26.5. The highest BCUT2D eigenvalue weighted by atomic mass is 35.5. The summed E-state index contributed by atoms with van der Waals surface area (Å²) in [4.78, 5) is 66.6. The number of fused-ring (bicyclic) bond motifs is 4. The molecule has 15 aromatic rings. The molecule has 642 valence electrons. The van der Waals surface area contributed by atoms with E-state index >= 15 is 0 Å². The lowest BCUT2D eigenvalue weighted by atomic mass is 10.1. The second kappa shape index (κ2) is 38.7. The number of sulfonamides is 1. The first-order chi connectivity index (χ1) is 60.8. The lowest BCUT2D eigenvalue weighted by molar-refractivity contribution is -0.132. The highest BCUT2D eigenvalue weighted by Crippen LogP contribution is 2.40. The first-order valence-electron chi connectivity index (χ1n) is 41.9. The fourth-order valence-electron chi connectivity index (χ4n) is 16.2. The number of imidazole rings is 4. The maximum absolute atomic E-state index is 14.3. The number of H-pyrrole nitrogens is 1. The van der Waals surface area contributed by atoms with Crippen molar-refractivity contribution in [1.82, 2.24) is 87.1 Å². The van der Waals surface area contributed by atoms with Crippen molar-refractivity contribution in [2.24, 2.45) is 0 Å². The summed E-state index contributed by atoms with van der Waals surface area (Å²) in [7, 11) is -1.81. The van der Waals surface area contributed by atoms with Crippen molar-refractivity contribution in [2.45, 2.75) is 58.3 Å². The van der Waals surface area contributed by atoms with Crippen LogP contribution in [0.4, 0.5) is 10.1 Å². The minimum absolute atomic E-state index is 0.0209. The summed E-state index contributed by atoms with van der Waals surface area (Å²) in [5.74, 6) is 0.510. The lowest BCUT2D eigenvalue weighted by Gasteiger charge is -2.34. The molecule has 4 aliphatic heterocycles. The van der Waals surface area contributed by atoms with Crippen LogP contribution >= 0.6 is 46.4 Å². The number of hydrogen-bond donors (Lipinski definition) is 1. The van der Waals surface area contributed by atoms with Gasteiger partial charge in [-0.05, 0) is 121 Å². The van der Waals surface area contributed by atoms with E-state index < -0.39 is 10.0 Å². The molecule has 5 fully saturated rings. The average molecular weight is 1780 g/mol. The molecule has 25 nitrogen and oxygen atoms in total. The molecule has 4 saturated heterocycles. The normalized spacial score (nSPS) is 15.6. The Morgan fingerprint density at radius 1 is 0.448 bits per heavy atom. The van der Waals surface area contributed by atoms with Gasteiger partial charge in [-0.2, -0.15) is 5.10 Å². The molecule has 0 spiro atoms. The number of morpholine rings is 2. The highest BCUT2D eigenvalue weighted by molar-refractivity contribution is 7.92. The molecule has 1 aliphatic carbocycles. The molecule has 10 aromatic heterocycles. The molecule has 1 N–H and O–H groups in total. The molecular weight excluding hydrogens is 1680 g/mol. The molecule has 31 heteroatoms. The number of anilines is 1. The maximum atomic E-state index is 14.3. The molecule has 0 radical (unpaired) electrons. The first-order valence-corrected chi connectivity index (χ1v) is 45.3. The van der Waals surface area contributed by atoms with E-state index in [0.717, 1.165) is 199 Å². The number of pyridine rings is 4. The largest absolute Gasteiger partial charge is 0.379 e. The number of ether oxygens (including phenoxy) is 2. The molecule has 0 unspecified atom stereocenters. The number of piperazine rings is 2. The number of carbonyl (C=O) groups is 2. The number of aromatic nitrogens is 12. The topological polar surface area (TPSA) is 233 Å². The van der Waals surface area contributed by atoms with Crippen molar-refractivity contribution in [3.8, 4) is 67.4 Å². The third kappa shape index (κ3) is 20.2. The Hall–Kier alpha value is -11.3. The quantitative estimate of drug-likeness (QED) is 0.0792. The summed E-state index contributed by atoms with van der Waals surface area (Å²) in [6, 6.07) is 56.0. The SMILES string of the molecule is CCC(=O)N1CCN(Cc2c(-c3ccc(Cl)cc3)nc3cnc(C4CC4)cn23)CC1.CN(c1ccc2nc(-c3ccc(Cl)cc3)c(CN3CCOCC3)n2c1)S(C)(=O)=O.Fc1cccnc1-c1ccc2nc(-c3ccc(Cl)cc3)c(CN3CCOCC3)n2c1.O=C(c1cn[nH]c1)N1CCN(Cc2c(-c3ccc(Cl)cc3)nc3ccc(-c4ccccc4)cn23)CC1. The van der Waals surface area contributed by atoms with Gasteiger partial charge in [-0.3, -0.25) is 57.4 Å². The van der Waals surface area contributed by atoms with Gasteiger partial charge in [0.25, 0.3) is 5.91 Å². The van der Waals surface area contributed by atoms with Gasteiger partial charge in [-0.15, -0.1) is 0 Å². The van der Waals surface area contributed by atoms with Crippen LogP contribution in [0.15, 0.2) is 225 Å². The predicted octanol–water partition coefficient (Wildman–Crippen LogP) is 16.6. The van der Waals surface area contributed by atoms with E-state index in [-0.39, 0.29) is 17.6 Å². The van der Waals surface area contributed by atoms with Crippen LogP contribution in [0.5, 0.6) is 0 Å². The Balaban J connectivity index is 0.000000118. The van der Waals surface area contributed by atoms with Gasteiger partial charge in [0, 0.05) is 209 Å². The Morgan fingerprint density at radius 3 is 1.30 bits per heavy atom. The minimum atomic E-state index is -3.36. The molecule has 2 amide bonds. The second-order valence-electron chi connectivity index (χ2n) is 31.7. The van der Waals surface area contributed by atoms with Gasteiger partial charge < -0.3 is 28.1 Å². The summed E-state index contributed by atoms with van der Waals surface area (Å²) in [6.07, 6.45) is 19.0. The summed E-state index contributed by atoms with van der Waals surface area (Å²) in [6.45, 7) is 17.4. The molecule has 125 heavy (non-hydrogen) atoms. The zero-order valence-corrected chi connectivity index (χ0v) is 73.3. The van der Waals surface area contributed by atoms with Crippen molar-refractivity contribution >= 4 is 96.5 Å². The summed E-state index contributed by atoms with van der Waals surface area (Å²) < 4.78 is 59.0. The number of nitrogens with one attached hydrogen (secondary N) is 1. The van der Waals surface area contributed by atoms with E-state index in [1.54, 1.807) is 37.8 Å². The van der Waals surface area contributed by atoms with Crippen LogP contribution in [0.3, 0.4) is 0 Å². The van der Waals surface area contributed by atoms with Crippen molar-refractivity contribution in [3.05, 3.63) is 285 Å². The van der Waals surface area contributed by atoms with Crippen LogP contribution in [0.25, 0.3) is 90.0 Å². The van der Waals surface area contributed by atoms with E-state index in [9.17, 15) is 22.4 Å². The van der Waals surface area contributed by atoms with Crippen molar-refractivity contribution in [2.75, 3.05) is 123 Å². The summed E-state index contributed by atoms with van der Waals surface area (Å²) >= 11 is 24.4. The predicted molar refractivity (Wildman–Crippen MR) is 488 cm³/mol. The number of rotatable bonds is 19. The maximum Gasteiger partial charge on any atom is 0.257 e. The molecule has 0 bridgehead atoms. The number of hydrogen-bond acceptors (Lipinski definition) is 17. The van der Waals surface area contributed by atoms with Gasteiger partial charge in [0.2, 0.25) is 15.9 Å². The molecule has 20 rings (SSSR count). The Labute approximate surface area is 744 Å². The second-order valence-corrected chi connectivity index (χ2v) is 35.4. The number of halogens is 5. The van der Waals surface area contributed by atoms with E-state index in [4.69, 9.17) is 75.8 Å². The average Bonchev–Trinajstić information content (AvgIpc) is 1.68. The molecule has 1 saturated carbocycles. The molecule has 14 heterocycles. The fourth-order valence-corrected chi connectivity index (χ4v) is 17.2. The van der Waals surface area contributed by atoms with Gasteiger partial charge >= 0.3 is 0 Å². The van der Waals surface area contributed by atoms with Gasteiger partial charge in [0.05, 0.1) is 108 Å². The molecule has 5 aromatic carbocycles. The zero-order valence-electron chi connectivity index (χ0n) is 69.5. The lowest BCUT2D eigenvalue weighted by Crippen LogP contribution is -2.48. The van der Waals surface area contributed by atoms with E-state index in [1.807, 2.05) is 165 Å². The van der Waals surface area contributed by atoms with Gasteiger partial charge in [0.15, 0.2) is 5.65 Å². The van der Waals surface area contributed by atoms with Gasteiger partial charge in [-0.25, -0.2) is 32.7 Å². The number of carbonyl (C=O) groups excluding carboxylic acids is 2. The Morgan fingerprint density at radius 2 is 0.864 bits per heavy atom. The molecular formula is C94H94Cl4FN19O6S.